The van der Waals surface area contributed by atoms with Gasteiger partial charge in [-0.2, -0.15) is 0 Å². The molecule has 1 aromatic carbocycles. The Kier molecular flexibility index (Phi) is 3.54. The van der Waals surface area contributed by atoms with Crippen LogP contribution < -0.4 is 5.73 Å². The molecule has 1 aliphatic carbocycles. The number of rotatable bonds is 2. The van der Waals surface area contributed by atoms with Crippen molar-refractivity contribution >= 4 is 27.6 Å². The maximum atomic E-state index is 12.7. The van der Waals surface area contributed by atoms with Gasteiger partial charge in [0.25, 0.3) is 5.22 Å². The van der Waals surface area contributed by atoms with Crippen LogP contribution in [-0.2, 0) is 10.8 Å². The van der Waals surface area contributed by atoms with Gasteiger partial charge in [-0.15, -0.1) is 0 Å². The van der Waals surface area contributed by atoms with Crippen LogP contribution in [0, 0.1) is 11.8 Å². The normalized spacial score (nSPS) is 28.6. The lowest BCUT2D eigenvalue weighted by molar-refractivity contribution is 0.303. The fraction of sp³-hybridized carbons (Fsp3) is 0.533. The van der Waals surface area contributed by atoms with Crippen molar-refractivity contribution in [2.24, 2.45) is 11.8 Å². The predicted molar refractivity (Wildman–Crippen MR) is 80.8 cm³/mol. The molecule has 3 rings (SSSR count). The molecule has 2 aromatic rings. The quantitative estimate of drug-likeness (QED) is 0.862. The number of nitrogen functional groups attached to an aromatic ring is 1. The van der Waals surface area contributed by atoms with Crippen LogP contribution in [0.1, 0.15) is 33.1 Å². The van der Waals surface area contributed by atoms with Crippen LogP contribution in [-0.4, -0.2) is 14.4 Å². The van der Waals surface area contributed by atoms with Crippen LogP contribution in [0.3, 0.4) is 0 Å². The van der Waals surface area contributed by atoms with Crippen molar-refractivity contribution in [2.45, 2.75) is 43.6 Å². The average molecular weight is 292 g/mol. The number of nitrogens with zero attached hydrogens (tertiary/aromatic N) is 1. The van der Waals surface area contributed by atoms with Crippen molar-refractivity contribution in [1.29, 1.82) is 0 Å². The van der Waals surface area contributed by atoms with Gasteiger partial charge in [-0.1, -0.05) is 13.8 Å². The summed E-state index contributed by atoms with van der Waals surface area (Å²) in [6.45, 7) is 4.46. The Balaban J connectivity index is 1.88. The van der Waals surface area contributed by atoms with Crippen molar-refractivity contribution < 1.29 is 8.63 Å². The van der Waals surface area contributed by atoms with Crippen LogP contribution in [0.2, 0.25) is 0 Å². The predicted octanol–water partition coefficient (Wildman–Crippen LogP) is 3.34. The third-order valence-corrected chi connectivity index (χ3v) is 5.51. The molecule has 1 heterocycles. The van der Waals surface area contributed by atoms with E-state index < -0.39 is 10.8 Å². The molecule has 1 saturated carbocycles. The first kappa shape index (κ1) is 13.6. The third-order valence-electron chi connectivity index (χ3n) is 4.00. The summed E-state index contributed by atoms with van der Waals surface area (Å²) in [7, 11) is -1.17. The second kappa shape index (κ2) is 5.20. The minimum absolute atomic E-state index is 0.152. The van der Waals surface area contributed by atoms with Gasteiger partial charge in [0, 0.05) is 17.0 Å². The van der Waals surface area contributed by atoms with Crippen molar-refractivity contribution in [3.05, 3.63) is 18.2 Å². The lowest BCUT2D eigenvalue weighted by Crippen LogP contribution is -2.27. The van der Waals surface area contributed by atoms with E-state index in [4.69, 9.17) is 10.2 Å². The van der Waals surface area contributed by atoms with Gasteiger partial charge in [-0.3, -0.25) is 0 Å². The van der Waals surface area contributed by atoms with Gasteiger partial charge in [0.05, 0.1) is 0 Å². The monoisotopic (exact) mass is 292 g/mol. The van der Waals surface area contributed by atoms with Crippen molar-refractivity contribution in [2.75, 3.05) is 5.73 Å². The summed E-state index contributed by atoms with van der Waals surface area (Å²) < 4.78 is 18.3. The zero-order valence-corrected chi connectivity index (χ0v) is 12.7. The summed E-state index contributed by atoms with van der Waals surface area (Å²) in [6, 6.07) is 5.32. The lowest BCUT2D eigenvalue weighted by Gasteiger charge is -2.29. The molecule has 5 heteroatoms. The summed E-state index contributed by atoms with van der Waals surface area (Å²) in [6.07, 6.45) is 3.19. The highest BCUT2D eigenvalue weighted by atomic mass is 32.2. The summed E-state index contributed by atoms with van der Waals surface area (Å²) in [4.78, 5) is 4.36. The fourth-order valence-corrected chi connectivity index (χ4v) is 4.85. The van der Waals surface area contributed by atoms with Gasteiger partial charge in [-0.05, 0) is 43.2 Å². The van der Waals surface area contributed by atoms with Gasteiger partial charge >= 0.3 is 0 Å². The van der Waals surface area contributed by atoms with E-state index in [1.807, 2.05) is 0 Å². The van der Waals surface area contributed by atoms with Crippen LogP contribution >= 0.6 is 0 Å². The molecule has 0 saturated heterocycles. The first-order chi connectivity index (χ1) is 9.52. The van der Waals surface area contributed by atoms with Crippen LogP contribution in [0.4, 0.5) is 5.69 Å². The molecule has 3 atom stereocenters. The van der Waals surface area contributed by atoms with Gasteiger partial charge < -0.3 is 10.2 Å². The summed E-state index contributed by atoms with van der Waals surface area (Å²) in [5.74, 6) is 1.24. The van der Waals surface area contributed by atoms with E-state index in [2.05, 4.69) is 18.8 Å². The van der Waals surface area contributed by atoms with Gasteiger partial charge in [0.15, 0.2) is 5.58 Å². The SMILES string of the molecule is CC1CC(C)CC(S(=O)c2nc3ccc(N)cc3o2)C1. The molecule has 20 heavy (non-hydrogen) atoms. The standard InChI is InChI=1S/C15H20N2O2S/c1-9-5-10(2)7-12(6-9)20(18)15-17-13-4-3-11(16)8-14(13)19-15/h3-4,8-10,12H,5-7,16H2,1-2H3. The highest BCUT2D eigenvalue weighted by Gasteiger charge is 2.31. The molecule has 0 amide bonds. The number of benzene rings is 1. The van der Waals surface area contributed by atoms with Crippen molar-refractivity contribution in [1.82, 2.24) is 4.98 Å². The van der Waals surface area contributed by atoms with Crippen LogP contribution in [0.15, 0.2) is 27.8 Å². The number of aromatic nitrogens is 1. The first-order valence-corrected chi connectivity index (χ1v) is 8.31. The Hall–Kier alpha value is -1.36. The molecule has 0 bridgehead atoms. The molecule has 3 unspecified atom stereocenters. The molecule has 4 nitrogen and oxygen atoms in total. The Morgan fingerprint density at radius 2 is 1.95 bits per heavy atom. The third kappa shape index (κ3) is 2.59. The molecule has 0 aliphatic heterocycles. The molecule has 0 radical (unpaired) electrons. The highest BCUT2D eigenvalue weighted by Crippen LogP contribution is 2.33. The Bertz CT molecular complexity index is 642. The zero-order chi connectivity index (χ0) is 14.3. The van der Waals surface area contributed by atoms with E-state index >= 15 is 0 Å². The second-order valence-corrected chi connectivity index (χ2v) is 7.65. The van der Waals surface area contributed by atoms with E-state index in [0.717, 1.165) is 18.4 Å². The zero-order valence-electron chi connectivity index (χ0n) is 11.8. The van der Waals surface area contributed by atoms with Gasteiger partial charge in [-0.25, -0.2) is 9.19 Å². The van der Waals surface area contributed by atoms with Crippen LogP contribution in [0.25, 0.3) is 11.1 Å². The Morgan fingerprint density at radius 1 is 1.25 bits per heavy atom. The number of oxazole rings is 1. The molecular formula is C15H20N2O2S. The Morgan fingerprint density at radius 3 is 2.65 bits per heavy atom. The molecule has 1 aromatic heterocycles. The highest BCUT2D eigenvalue weighted by molar-refractivity contribution is 7.85. The summed E-state index contributed by atoms with van der Waals surface area (Å²) in [5.41, 5.74) is 7.69. The van der Waals surface area contributed by atoms with Gasteiger partial charge in [0.2, 0.25) is 0 Å². The average Bonchev–Trinajstić information content (AvgIpc) is 2.79. The van der Waals surface area contributed by atoms with E-state index in [0.29, 0.717) is 28.3 Å². The summed E-state index contributed by atoms with van der Waals surface area (Å²) in [5, 5.41) is 0.496. The number of fused-ring (bicyclic) bond motifs is 1. The first-order valence-electron chi connectivity index (χ1n) is 7.09. The maximum absolute atomic E-state index is 12.7. The van der Waals surface area contributed by atoms with Crippen molar-refractivity contribution in [3.8, 4) is 0 Å². The summed E-state index contributed by atoms with van der Waals surface area (Å²) >= 11 is 0. The number of hydrogen-bond donors (Lipinski definition) is 1. The van der Waals surface area contributed by atoms with Crippen molar-refractivity contribution in [3.63, 3.8) is 0 Å². The molecule has 1 aliphatic rings. The lowest BCUT2D eigenvalue weighted by atomic mass is 9.83. The number of anilines is 1. The molecule has 0 spiro atoms. The van der Waals surface area contributed by atoms with E-state index in [9.17, 15) is 4.21 Å². The van der Waals surface area contributed by atoms with E-state index in [-0.39, 0.29) is 5.25 Å². The number of nitrogens with two attached hydrogens (primary N) is 1. The minimum atomic E-state index is -1.17. The topological polar surface area (TPSA) is 69.1 Å². The van der Waals surface area contributed by atoms with E-state index in [1.165, 1.54) is 6.42 Å². The van der Waals surface area contributed by atoms with E-state index in [1.54, 1.807) is 18.2 Å². The van der Waals surface area contributed by atoms with Gasteiger partial charge in [0.1, 0.15) is 16.3 Å². The minimum Gasteiger partial charge on any atom is -0.430 e. The molecule has 108 valence electrons. The van der Waals surface area contributed by atoms with Crippen LogP contribution in [0.5, 0.6) is 0 Å². The number of hydrogen-bond acceptors (Lipinski definition) is 4. The Labute approximate surface area is 121 Å². The molecule has 1 fully saturated rings. The fourth-order valence-electron chi connectivity index (χ4n) is 3.20. The second-order valence-electron chi connectivity index (χ2n) is 6.04. The molecular weight excluding hydrogens is 272 g/mol. The largest absolute Gasteiger partial charge is 0.430 e. The maximum Gasteiger partial charge on any atom is 0.288 e. The smallest absolute Gasteiger partial charge is 0.288 e. The molecule has 2 N–H and O–H groups in total.